The van der Waals surface area contributed by atoms with E-state index in [0.29, 0.717) is 13.1 Å². The van der Waals surface area contributed by atoms with Gasteiger partial charge in [0.1, 0.15) is 0 Å². The summed E-state index contributed by atoms with van der Waals surface area (Å²) in [4.78, 5) is 23.0. The van der Waals surface area contributed by atoms with Crippen molar-refractivity contribution < 1.29 is 14.5 Å². The summed E-state index contributed by atoms with van der Waals surface area (Å²) in [6.45, 7) is 0.892. The number of nitrogens with zero attached hydrogens (tertiary/aromatic N) is 3. The molecule has 3 aromatic rings. The summed E-state index contributed by atoms with van der Waals surface area (Å²) in [5, 5.41) is 18.1. The number of nitro benzene ring substituents is 1. The zero-order valence-corrected chi connectivity index (χ0v) is 14.7. The zero-order valence-electron chi connectivity index (χ0n) is 14.7. The van der Waals surface area contributed by atoms with Crippen molar-refractivity contribution in [3.05, 3.63) is 87.7 Å². The van der Waals surface area contributed by atoms with Crippen molar-refractivity contribution in [1.82, 2.24) is 15.1 Å². The maximum Gasteiger partial charge on any atom is 0.311 e. The second-order valence-corrected chi connectivity index (χ2v) is 5.80. The van der Waals surface area contributed by atoms with Crippen molar-refractivity contribution >= 4 is 11.6 Å². The molecule has 2 aromatic carbocycles. The smallest absolute Gasteiger partial charge is 0.311 e. The highest BCUT2D eigenvalue weighted by atomic mass is 16.6. The Morgan fingerprint density at radius 2 is 2.00 bits per heavy atom. The Balaban J connectivity index is 1.73. The van der Waals surface area contributed by atoms with E-state index in [1.54, 1.807) is 10.9 Å². The van der Waals surface area contributed by atoms with E-state index in [1.165, 1.54) is 25.3 Å². The van der Waals surface area contributed by atoms with Gasteiger partial charge in [0.15, 0.2) is 5.75 Å². The second-order valence-electron chi connectivity index (χ2n) is 5.80. The molecule has 0 aliphatic rings. The van der Waals surface area contributed by atoms with Gasteiger partial charge in [0.25, 0.3) is 5.91 Å². The molecule has 0 unspecified atom stereocenters. The summed E-state index contributed by atoms with van der Waals surface area (Å²) in [5.74, 6) is -0.282. The van der Waals surface area contributed by atoms with Crippen LogP contribution in [-0.4, -0.2) is 27.7 Å². The number of benzene rings is 2. The molecule has 27 heavy (non-hydrogen) atoms. The van der Waals surface area contributed by atoms with Gasteiger partial charge in [-0.2, -0.15) is 5.10 Å². The Morgan fingerprint density at radius 3 is 2.67 bits per heavy atom. The van der Waals surface area contributed by atoms with Crippen molar-refractivity contribution in [2.45, 2.75) is 13.1 Å². The van der Waals surface area contributed by atoms with Crippen LogP contribution in [0.25, 0.3) is 0 Å². The maximum absolute atomic E-state index is 12.4. The summed E-state index contributed by atoms with van der Waals surface area (Å²) in [7, 11) is 1.35. The molecule has 3 rings (SSSR count). The van der Waals surface area contributed by atoms with Gasteiger partial charge in [0.2, 0.25) is 0 Å². The lowest BCUT2D eigenvalue weighted by atomic mass is 10.1. The Hall–Kier alpha value is -3.68. The van der Waals surface area contributed by atoms with Gasteiger partial charge in [-0.05, 0) is 29.3 Å². The van der Waals surface area contributed by atoms with E-state index in [2.05, 4.69) is 10.4 Å². The molecule has 0 fully saturated rings. The predicted molar refractivity (Wildman–Crippen MR) is 98.6 cm³/mol. The summed E-state index contributed by atoms with van der Waals surface area (Å²) in [6.07, 6.45) is 3.58. The van der Waals surface area contributed by atoms with Crippen LogP contribution in [0.3, 0.4) is 0 Å². The number of nitrogens with one attached hydrogen (secondary N) is 1. The van der Waals surface area contributed by atoms with Gasteiger partial charge in [-0.15, -0.1) is 0 Å². The van der Waals surface area contributed by atoms with Crippen LogP contribution in [0.4, 0.5) is 5.69 Å². The Morgan fingerprint density at radius 1 is 1.22 bits per heavy atom. The van der Waals surface area contributed by atoms with Crippen LogP contribution >= 0.6 is 0 Å². The van der Waals surface area contributed by atoms with Crippen molar-refractivity contribution in [1.29, 1.82) is 0 Å². The molecule has 0 saturated heterocycles. The van der Waals surface area contributed by atoms with Crippen LogP contribution in [0.1, 0.15) is 21.5 Å². The van der Waals surface area contributed by atoms with Crippen molar-refractivity contribution in [3.8, 4) is 5.75 Å². The van der Waals surface area contributed by atoms with E-state index in [4.69, 9.17) is 4.74 Å². The van der Waals surface area contributed by atoms with Crippen LogP contribution in [0.15, 0.2) is 60.9 Å². The molecule has 1 aromatic heterocycles. The lowest BCUT2D eigenvalue weighted by Crippen LogP contribution is -2.23. The minimum absolute atomic E-state index is 0.112. The first kappa shape index (κ1) is 18.1. The zero-order chi connectivity index (χ0) is 19.2. The average molecular weight is 366 g/mol. The summed E-state index contributed by atoms with van der Waals surface area (Å²) in [5.41, 5.74) is 1.93. The lowest BCUT2D eigenvalue weighted by molar-refractivity contribution is -0.385. The second kappa shape index (κ2) is 8.13. The summed E-state index contributed by atoms with van der Waals surface area (Å²) in [6, 6.07) is 13.7. The van der Waals surface area contributed by atoms with E-state index < -0.39 is 10.8 Å². The molecular weight excluding hydrogens is 348 g/mol. The Labute approximate surface area is 155 Å². The quantitative estimate of drug-likeness (QED) is 0.512. The number of ether oxygens (including phenoxy) is 1. The molecule has 0 aliphatic carbocycles. The molecule has 0 bridgehead atoms. The molecule has 138 valence electrons. The van der Waals surface area contributed by atoms with Crippen molar-refractivity contribution in [2.75, 3.05) is 7.11 Å². The fourth-order valence-corrected chi connectivity index (χ4v) is 2.70. The average Bonchev–Trinajstić information content (AvgIpc) is 3.19. The molecule has 8 nitrogen and oxygen atoms in total. The van der Waals surface area contributed by atoms with Crippen LogP contribution in [0.2, 0.25) is 0 Å². The molecule has 1 heterocycles. The first-order valence-electron chi connectivity index (χ1n) is 8.23. The monoisotopic (exact) mass is 366 g/mol. The van der Waals surface area contributed by atoms with Gasteiger partial charge in [-0.25, -0.2) is 0 Å². The number of rotatable bonds is 7. The Bertz CT molecular complexity index is 954. The number of hydrogen-bond acceptors (Lipinski definition) is 5. The third-order valence-electron chi connectivity index (χ3n) is 4.09. The van der Waals surface area contributed by atoms with Gasteiger partial charge in [-0.1, -0.05) is 24.3 Å². The normalized spacial score (nSPS) is 10.4. The third kappa shape index (κ3) is 4.30. The number of aromatic nitrogens is 2. The van der Waals surface area contributed by atoms with Crippen molar-refractivity contribution in [2.24, 2.45) is 0 Å². The van der Waals surface area contributed by atoms with Crippen molar-refractivity contribution in [3.63, 3.8) is 0 Å². The Kier molecular flexibility index (Phi) is 5.46. The largest absolute Gasteiger partial charge is 0.490 e. The van der Waals surface area contributed by atoms with Crippen LogP contribution in [0, 0.1) is 10.1 Å². The predicted octanol–water partition coefficient (Wildman–Crippen LogP) is 2.78. The molecule has 0 atom stereocenters. The SMILES string of the molecule is COc1ccc(C(=O)NCc2ccccc2Cn2cccn2)cc1[N+](=O)[O-]. The first-order chi connectivity index (χ1) is 13.1. The van der Waals surface area contributed by atoms with Gasteiger partial charge >= 0.3 is 5.69 Å². The van der Waals surface area contributed by atoms with E-state index >= 15 is 0 Å². The summed E-state index contributed by atoms with van der Waals surface area (Å²) < 4.78 is 6.75. The molecule has 0 radical (unpaired) electrons. The molecule has 1 N–H and O–H groups in total. The van der Waals surface area contributed by atoms with Gasteiger partial charge in [0.05, 0.1) is 18.6 Å². The highest BCUT2D eigenvalue weighted by Crippen LogP contribution is 2.27. The molecule has 0 saturated carbocycles. The number of carbonyl (C=O) groups is 1. The standard InChI is InChI=1S/C19H18N4O4/c1-27-18-8-7-14(11-17(18)23(25)26)19(24)20-12-15-5-2-3-6-16(15)13-22-10-4-9-21-22/h2-11H,12-13H2,1H3,(H,20,24). The van der Waals surface area contributed by atoms with E-state index in [1.807, 2.05) is 36.5 Å². The highest BCUT2D eigenvalue weighted by Gasteiger charge is 2.18. The molecule has 8 heteroatoms. The van der Waals surface area contributed by atoms with Crippen LogP contribution in [0.5, 0.6) is 5.75 Å². The number of amides is 1. The topological polar surface area (TPSA) is 99.3 Å². The number of methoxy groups -OCH3 is 1. The van der Waals surface area contributed by atoms with Crippen LogP contribution in [-0.2, 0) is 13.1 Å². The minimum atomic E-state index is -0.574. The highest BCUT2D eigenvalue weighted by molar-refractivity contribution is 5.95. The number of carbonyl (C=O) groups excluding carboxylic acids is 1. The fraction of sp³-hybridized carbons (Fsp3) is 0.158. The molecular formula is C19H18N4O4. The lowest BCUT2D eigenvalue weighted by Gasteiger charge is -2.11. The molecule has 0 spiro atoms. The summed E-state index contributed by atoms with van der Waals surface area (Å²) >= 11 is 0. The fourth-order valence-electron chi connectivity index (χ4n) is 2.70. The van der Waals surface area contributed by atoms with Gasteiger partial charge < -0.3 is 10.1 Å². The van der Waals surface area contributed by atoms with Gasteiger partial charge in [0, 0.05) is 30.6 Å². The van der Waals surface area contributed by atoms with E-state index in [-0.39, 0.29) is 17.0 Å². The third-order valence-corrected chi connectivity index (χ3v) is 4.09. The van der Waals surface area contributed by atoms with E-state index in [9.17, 15) is 14.9 Å². The van der Waals surface area contributed by atoms with E-state index in [0.717, 1.165) is 11.1 Å². The number of nitro groups is 1. The number of hydrogen-bond donors (Lipinski definition) is 1. The van der Waals surface area contributed by atoms with Crippen LogP contribution < -0.4 is 10.1 Å². The molecule has 0 aliphatic heterocycles. The minimum Gasteiger partial charge on any atom is -0.490 e. The van der Waals surface area contributed by atoms with Gasteiger partial charge in [-0.3, -0.25) is 19.6 Å². The first-order valence-corrected chi connectivity index (χ1v) is 8.23. The molecule has 1 amide bonds. The maximum atomic E-state index is 12.4.